The Morgan fingerprint density at radius 1 is 0.347 bits per heavy atom. The molecule has 0 saturated carbocycles. The molecule has 2 nitrogen and oxygen atoms in total. The quantitative estimate of drug-likeness (QED) is 0.156. The van der Waals surface area contributed by atoms with E-state index in [4.69, 9.17) is 0 Å². The second-order valence-corrected chi connectivity index (χ2v) is 13.0. The largest absolute Gasteiger partial charge is 0.310 e. The average Bonchev–Trinajstić information content (AvgIpc) is 3.13. The van der Waals surface area contributed by atoms with E-state index in [-0.39, 0.29) is 0 Å². The van der Waals surface area contributed by atoms with Crippen molar-refractivity contribution in [2.75, 3.05) is 9.80 Å². The number of anilines is 6. The van der Waals surface area contributed by atoms with Gasteiger partial charge in [0.1, 0.15) is 0 Å². The van der Waals surface area contributed by atoms with E-state index in [0.717, 1.165) is 29.2 Å². The summed E-state index contributed by atoms with van der Waals surface area (Å²) >= 11 is 0. The summed E-state index contributed by atoms with van der Waals surface area (Å²) < 4.78 is 0. The molecule has 0 aliphatic heterocycles. The number of para-hydroxylation sites is 2. The van der Waals surface area contributed by atoms with Gasteiger partial charge in [0.25, 0.3) is 0 Å². The number of nitrogens with zero attached hydrogens (tertiary/aromatic N) is 2. The predicted molar refractivity (Wildman–Crippen MR) is 209 cm³/mol. The van der Waals surface area contributed by atoms with Gasteiger partial charge in [0.2, 0.25) is 0 Å². The highest BCUT2D eigenvalue weighted by molar-refractivity contribution is 5.80. The zero-order valence-corrected chi connectivity index (χ0v) is 28.8. The molecule has 0 amide bonds. The molecule has 49 heavy (non-hydrogen) atoms. The maximum absolute atomic E-state index is 2.35. The molecule has 0 heterocycles. The Labute approximate surface area is 291 Å². The average molecular weight is 635 g/mol. The molecule has 7 aromatic carbocycles. The van der Waals surface area contributed by atoms with Gasteiger partial charge in [-0.15, -0.1) is 0 Å². The third kappa shape index (κ3) is 7.05. The molecule has 2 heteroatoms. The Morgan fingerprint density at radius 3 is 1.10 bits per heavy atom. The van der Waals surface area contributed by atoms with E-state index >= 15 is 0 Å². The fourth-order valence-electron chi connectivity index (χ4n) is 6.74. The number of aryl methyl sites for hydroxylation is 4. The van der Waals surface area contributed by atoms with Crippen molar-refractivity contribution in [1.29, 1.82) is 0 Å². The number of hydrogen-bond acceptors (Lipinski definition) is 2. The van der Waals surface area contributed by atoms with Crippen molar-refractivity contribution in [3.63, 3.8) is 0 Å². The fourth-order valence-corrected chi connectivity index (χ4v) is 6.74. The fraction of sp³-hybridized carbons (Fsp3) is 0.106. The minimum atomic E-state index is 0.885. The SMILES string of the molecule is Cc1ccc(N(c2ccccc2)c2ccc(Cc3ccc(-c4ccc(N(c5ccccc5)c5ccc(C)cc5C)cc4)cc3)cc2)c(C)c1. The van der Waals surface area contributed by atoms with E-state index in [1.54, 1.807) is 0 Å². The predicted octanol–water partition coefficient (Wildman–Crippen LogP) is 13.1. The third-order valence-electron chi connectivity index (χ3n) is 9.23. The smallest absolute Gasteiger partial charge is 0.0490 e. The van der Waals surface area contributed by atoms with Crippen LogP contribution >= 0.6 is 0 Å². The van der Waals surface area contributed by atoms with Gasteiger partial charge in [0, 0.05) is 34.1 Å². The molecule has 0 atom stereocenters. The Bertz CT molecular complexity index is 2150. The Balaban J connectivity index is 1.09. The summed E-state index contributed by atoms with van der Waals surface area (Å²) in [6, 6.07) is 61.5. The topological polar surface area (TPSA) is 6.48 Å². The minimum Gasteiger partial charge on any atom is -0.310 e. The van der Waals surface area contributed by atoms with Crippen LogP contribution in [0.1, 0.15) is 33.4 Å². The van der Waals surface area contributed by atoms with Crippen LogP contribution in [0.5, 0.6) is 0 Å². The first kappa shape index (κ1) is 31.7. The van der Waals surface area contributed by atoms with Crippen LogP contribution in [-0.4, -0.2) is 0 Å². The standard InChI is InChI=1S/C47H42N2/c1-34-15-29-46(36(3)31-34)48(42-11-7-5-8-12-42)44-25-19-39(20-26-44)33-38-17-21-40(22-18-38)41-23-27-45(28-24-41)49(43-13-9-6-10-14-43)47-30-16-35(2)32-37(47)4/h5-32H,33H2,1-4H3. The Kier molecular flexibility index (Phi) is 9.12. The summed E-state index contributed by atoms with van der Waals surface area (Å²) in [5.74, 6) is 0. The molecular weight excluding hydrogens is 593 g/mol. The maximum atomic E-state index is 2.35. The third-order valence-corrected chi connectivity index (χ3v) is 9.23. The molecule has 7 aromatic rings. The summed E-state index contributed by atoms with van der Waals surface area (Å²) in [7, 11) is 0. The first-order chi connectivity index (χ1) is 23.9. The Morgan fingerprint density at radius 2 is 0.694 bits per heavy atom. The molecule has 0 fully saturated rings. The van der Waals surface area contributed by atoms with Crippen LogP contribution in [-0.2, 0) is 6.42 Å². The summed E-state index contributed by atoms with van der Waals surface area (Å²) in [6.07, 6.45) is 0.885. The van der Waals surface area contributed by atoms with Gasteiger partial charge >= 0.3 is 0 Å². The summed E-state index contributed by atoms with van der Waals surface area (Å²) in [5.41, 5.74) is 17.1. The van der Waals surface area contributed by atoms with Crippen molar-refractivity contribution in [2.24, 2.45) is 0 Å². The van der Waals surface area contributed by atoms with E-state index in [9.17, 15) is 0 Å². The van der Waals surface area contributed by atoms with Gasteiger partial charge in [-0.1, -0.05) is 120 Å². The highest BCUT2D eigenvalue weighted by Crippen LogP contribution is 2.39. The second kappa shape index (κ2) is 14.1. The molecule has 0 bridgehead atoms. The molecule has 0 aliphatic rings. The van der Waals surface area contributed by atoms with Gasteiger partial charge in [-0.2, -0.15) is 0 Å². The van der Waals surface area contributed by atoms with Gasteiger partial charge < -0.3 is 9.80 Å². The van der Waals surface area contributed by atoms with E-state index < -0.39 is 0 Å². The lowest BCUT2D eigenvalue weighted by atomic mass is 9.99. The van der Waals surface area contributed by atoms with Crippen molar-refractivity contribution in [1.82, 2.24) is 0 Å². The van der Waals surface area contributed by atoms with Gasteiger partial charge in [-0.3, -0.25) is 0 Å². The zero-order chi connectivity index (χ0) is 33.7. The minimum absolute atomic E-state index is 0.885. The lowest BCUT2D eigenvalue weighted by Gasteiger charge is -2.27. The summed E-state index contributed by atoms with van der Waals surface area (Å²) in [5, 5.41) is 0. The van der Waals surface area contributed by atoms with Crippen LogP contribution in [0.4, 0.5) is 34.1 Å². The van der Waals surface area contributed by atoms with E-state index in [2.05, 4.69) is 207 Å². The van der Waals surface area contributed by atoms with E-state index in [0.29, 0.717) is 0 Å². The van der Waals surface area contributed by atoms with E-state index in [1.165, 1.54) is 55.9 Å². The molecule has 0 spiro atoms. The number of benzene rings is 7. The Hall–Kier alpha value is -5.86. The van der Waals surface area contributed by atoms with Crippen molar-refractivity contribution < 1.29 is 0 Å². The van der Waals surface area contributed by atoms with Crippen LogP contribution < -0.4 is 9.80 Å². The summed E-state index contributed by atoms with van der Waals surface area (Å²) in [6.45, 7) is 8.67. The van der Waals surface area contributed by atoms with Crippen molar-refractivity contribution in [2.45, 2.75) is 34.1 Å². The van der Waals surface area contributed by atoms with Crippen molar-refractivity contribution in [3.05, 3.63) is 203 Å². The van der Waals surface area contributed by atoms with Crippen LogP contribution in [0.25, 0.3) is 11.1 Å². The summed E-state index contributed by atoms with van der Waals surface area (Å²) in [4.78, 5) is 4.69. The molecule has 0 aliphatic carbocycles. The molecule has 0 aromatic heterocycles. The number of rotatable bonds is 9. The molecule has 0 radical (unpaired) electrons. The second-order valence-electron chi connectivity index (χ2n) is 13.0. The van der Waals surface area contributed by atoms with Crippen molar-refractivity contribution in [3.8, 4) is 11.1 Å². The number of hydrogen-bond donors (Lipinski definition) is 0. The maximum Gasteiger partial charge on any atom is 0.0490 e. The van der Waals surface area contributed by atoms with Crippen LogP contribution in [0.3, 0.4) is 0 Å². The highest BCUT2D eigenvalue weighted by atomic mass is 15.1. The van der Waals surface area contributed by atoms with E-state index in [1.807, 2.05) is 0 Å². The molecule has 0 N–H and O–H groups in total. The van der Waals surface area contributed by atoms with Gasteiger partial charge in [0.05, 0.1) is 0 Å². The van der Waals surface area contributed by atoms with Crippen molar-refractivity contribution >= 4 is 34.1 Å². The van der Waals surface area contributed by atoms with Crippen LogP contribution in [0, 0.1) is 27.7 Å². The molecular formula is C47H42N2. The lowest BCUT2D eigenvalue weighted by molar-refractivity contribution is 1.18. The normalized spacial score (nSPS) is 10.9. The zero-order valence-electron chi connectivity index (χ0n) is 28.8. The molecule has 0 saturated heterocycles. The first-order valence-electron chi connectivity index (χ1n) is 17.1. The monoisotopic (exact) mass is 634 g/mol. The van der Waals surface area contributed by atoms with Crippen LogP contribution in [0.2, 0.25) is 0 Å². The van der Waals surface area contributed by atoms with Gasteiger partial charge in [-0.05, 0) is 128 Å². The molecule has 0 unspecified atom stereocenters. The van der Waals surface area contributed by atoms with Gasteiger partial charge in [0.15, 0.2) is 0 Å². The lowest BCUT2D eigenvalue weighted by Crippen LogP contribution is -2.11. The van der Waals surface area contributed by atoms with Gasteiger partial charge in [-0.25, -0.2) is 0 Å². The highest BCUT2D eigenvalue weighted by Gasteiger charge is 2.16. The first-order valence-corrected chi connectivity index (χ1v) is 17.1. The molecule has 240 valence electrons. The molecule has 7 rings (SSSR count). The van der Waals surface area contributed by atoms with Crippen LogP contribution in [0.15, 0.2) is 170 Å².